The van der Waals surface area contributed by atoms with Gasteiger partial charge in [0.2, 0.25) is 0 Å². The Morgan fingerprint density at radius 2 is 0.860 bits per heavy atom. The molecule has 2 heterocycles. The molecule has 248 valence electrons. The Balaban J connectivity index is 1.29. The summed E-state index contributed by atoms with van der Waals surface area (Å²) in [6.07, 6.45) is 3.01. The van der Waals surface area contributed by atoms with E-state index < -0.39 is 0 Å². The van der Waals surface area contributed by atoms with Crippen molar-refractivity contribution >= 4 is 16.6 Å². The zero-order chi connectivity index (χ0) is 34.2. The Hall–Kier alpha value is -6.14. The number of anilines is 1. The third kappa shape index (κ3) is 5.49. The Kier molecular flexibility index (Phi) is 8.13. The van der Waals surface area contributed by atoms with Crippen LogP contribution in [0.3, 0.4) is 0 Å². The molecule has 0 fully saturated rings. The zero-order valence-electron chi connectivity index (χ0n) is 28.5. The molecule has 0 aliphatic carbocycles. The minimum absolute atomic E-state index is 0.0262. The monoisotopic (exact) mass is 658 g/mol. The van der Waals surface area contributed by atoms with Crippen LogP contribution >= 0.6 is 0 Å². The summed E-state index contributed by atoms with van der Waals surface area (Å²) in [5.74, 6) is 3.34. The van der Waals surface area contributed by atoms with Gasteiger partial charge in [-0.2, -0.15) is 0 Å². The van der Waals surface area contributed by atoms with E-state index in [2.05, 4.69) is 89.3 Å². The third-order valence-corrected chi connectivity index (χ3v) is 9.89. The van der Waals surface area contributed by atoms with E-state index in [0.29, 0.717) is 0 Å². The SMILES string of the molecule is COc1ccc(-c2ccc(-c3ccc(OC)cc3)c3c2CC(c2c[nH]c4c(-c5ccc(OC)cc5)ccc(-c5ccc(OC)cc5)c24)N3)cc1. The predicted octanol–water partition coefficient (Wildman–Crippen LogP) is 10.6. The summed E-state index contributed by atoms with van der Waals surface area (Å²) in [7, 11) is 6.79. The number of ether oxygens (including phenoxy) is 4. The maximum absolute atomic E-state index is 5.49. The molecule has 0 saturated heterocycles. The molecule has 7 aromatic rings. The van der Waals surface area contributed by atoms with Gasteiger partial charge in [0.25, 0.3) is 0 Å². The molecule has 1 aliphatic heterocycles. The van der Waals surface area contributed by atoms with Gasteiger partial charge in [0, 0.05) is 34.0 Å². The summed E-state index contributed by atoms with van der Waals surface area (Å²) in [6.45, 7) is 0. The van der Waals surface area contributed by atoms with Crippen molar-refractivity contribution in [2.24, 2.45) is 0 Å². The number of H-pyrrole nitrogens is 1. The van der Waals surface area contributed by atoms with Crippen molar-refractivity contribution in [3.63, 3.8) is 0 Å². The maximum Gasteiger partial charge on any atom is 0.118 e. The van der Waals surface area contributed by atoms with Crippen LogP contribution in [0.25, 0.3) is 55.4 Å². The molecule has 0 amide bonds. The molecule has 6 nitrogen and oxygen atoms in total. The lowest BCUT2D eigenvalue weighted by atomic mass is 9.90. The largest absolute Gasteiger partial charge is 0.497 e. The Morgan fingerprint density at radius 1 is 0.460 bits per heavy atom. The molecule has 0 spiro atoms. The first-order valence-corrected chi connectivity index (χ1v) is 16.7. The number of rotatable bonds is 9. The molecule has 0 bridgehead atoms. The quantitative estimate of drug-likeness (QED) is 0.162. The first-order valence-electron chi connectivity index (χ1n) is 16.7. The second kappa shape index (κ2) is 13.1. The number of hydrogen-bond acceptors (Lipinski definition) is 5. The van der Waals surface area contributed by atoms with Crippen molar-refractivity contribution in [1.29, 1.82) is 0 Å². The molecule has 0 saturated carbocycles. The minimum Gasteiger partial charge on any atom is -0.497 e. The number of nitrogens with one attached hydrogen (secondary N) is 2. The second-order valence-electron chi connectivity index (χ2n) is 12.5. The third-order valence-electron chi connectivity index (χ3n) is 9.89. The van der Waals surface area contributed by atoms with E-state index in [0.717, 1.165) is 74.0 Å². The zero-order valence-corrected chi connectivity index (χ0v) is 28.5. The molecule has 8 rings (SSSR count). The van der Waals surface area contributed by atoms with Crippen LogP contribution in [0, 0.1) is 0 Å². The van der Waals surface area contributed by atoms with Gasteiger partial charge in [0.05, 0.1) is 40.0 Å². The summed E-state index contributed by atoms with van der Waals surface area (Å²) in [6, 6.07) is 42.2. The Bertz CT molecular complexity index is 2210. The van der Waals surface area contributed by atoms with E-state index >= 15 is 0 Å². The molecule has 1 atom stereocenters. The molecule has 6 heteroatoms. The fourth-order valence-electron chi connectivity index (χ4n) is 7.27. The van der Waals surface area contributed by atoms with Crippen LogP contribution in [0.15, 0.2) is 128 Å². The lowest BCUT2D eigenvalue weighted by Crippen LogP contribution is -2.05. The van der Waals surface area contributed by atoms with Gasteiger partial charge >= 0.3 is 0 Å². The van der Waals surface area contributed by atoms with Crippen LogP contribution < -0.4 is 24.3 Å². The standard InChI is InChI=1S/C44H38N2O4/c1-47-31-13-5-27(6-14-31)35-21-23-37(29-9-17-33(49-3)18-10-29)43-39(35)25-41(46-43)40-26-45-44-38(30-11-19-34(50-4)20-12-30)24-22-36(42(40)44)28-7-15-32(48-2)16-8-28/h5-24,26,41,45-46H,25H2,1-4H3. The summed E-state index contributed by atoms with van der Waals surface area (Å²) >= 11 is 0. The topological polar surface area (TPSA) is 64.7 Å². The molecule has 50 heavy (non-hydrogen) atoms. The average Bonchev–Trinajstić information content (AvgIpc) is 3.83. The minimum atomic E-state index is 0.0262. The first-order chi connectivity index (χ1) is 24.6. The van der Waals surface area contributed by atoms with Crippen LogP contribution in [0.2, 0.25) is 0 Å². The van der Waals surface area contributed by atoms with Gasteiger partial charge in [-0.05, 0) is 93.9 Å². The predicted molar refractivity (Wildman–Crippen MR) is 203 cm³/mol. The smallest absolute Gasteiger partial charge is 0.118 e. The van der Waals surface area contributed by atoms with Gasteiger partial charge < -0.3 is 29.2 Å². The lowest BCUT2D eigenvalue weighted by Gasteiger charge is -2.16. The van der Waals surface area contributed by atoms with Gasteiger partial charge in [0.1, 0.15) is 23.0 Å². The first kappa shape index (κ1) is 31.1. The van der Waals surface area contributed by atoms with Crippen LogP contribution in [-0.2, 0) is 6.42 Å². The molecular formula is C44H38N2O4. The fraction of sp³-hybridized carbons (Fsp3) is 0.136. The van der Waals surface area contributed by atoms with Crippen LogP contribution in [-0.4, -0.2) is 33.4 Å². The molecule has 6 aromatic carbocycles. The highest BCUT2D eigenvalue weighted by Gasteiger charge is 2.30. The molecular weight excluding hydrogens is 620 g/mol. The van der Waals surface area contributed by atoms with Crippen molar-refractivity contribution in [3.05, 3.63) is 139 Å². The number of aromatic nitrogens is 1. The van der Waals surface area contributed by atoms with E-state index in [1.54, 1.807) is 28.4 Å². The highest BCUT2D eigenvalue weighted by atomic mass is 16.5. The van der Waals surface area contributed by atoms with Crippen molar-refractivity contribution in [3.8, 4) is 67.5 Å². The lowest BCUT2D eigenvalue weighted by molar-refractivity contribution is 0.415. The highest BCUT2D eigenvalue weighted by Crippen LogP contribution is 2.48. The number of methoxy groups -OCH3 is 4. The highest BCUT2D eigenvalue weighted by molar-refractivity contribution is 6.06. The van der Waals surface area contributed by atoms with Gasteiger partial charge in [0.15, 0.2) is 0 Å². The van der Waals surface area contributed by atoms with Crippen LogP contribution in [0.1, 0.15) is 17.2 Å². The van der Waals surface area contributed by atoms with Gasteiger partial charge in [-0.25, -0.2) is 0 Å². The Morgan fingerprint density at radius 3 is 1.36 bits per heavy atom. The number of fused-ring (bicyclic) bond motifs is 2. The molecule has 0 radical (unpaired) electrons. The van der Waals surface area contributed by atoms with Gasteiger partial charge in [-0.1, -0.05) is 72.8 Å². The van der Waals surface area contributed by atoms with E-state index in [9.17, 15) is 0 Å². The molecule has 1 aromatic heterocycles. The molecule has 2 N–H and O–H groups in total. The van der Waals surface area contributed by atoms with Crippen molar-refractivity contribution in [2.75, 3.05) is 33.8 Å². The number of benzene rings is 6. The van der Waals surface area contributed by atoms with Crippen molar-refractivity contribution in [1.82, 2.24) is 4.98 Å². The van der Waals surface area contributed by atoms with Crippen LogP contribution in [0.5, 0.6) is 23.0 Å². The summed E-state index contributed by atoms with van der Waals surface area (Å²) in [4.78, 5) is 3.71. The van der Waals surface area contributed by atoms with Crippen LogP contribution in [0.4, 0.5) is 5.69 Å². The average molecular weight is 659 g/mol. The second-order valence-corrected chi connectivity index (χ2v) is 12.5. The van der Waals surface area contributed by atoms with E-state index in [-0.39, 0.29) is 6.04 Å². The fourth-order valence-corrected chi connectivity index (χ4v) is 7.27. The van der Waals surface area contributed by atoms with Gasteiger partial charge in [-0.3, -0.25) is 0 Å². The molecule has 1 unspecified atom stereocenters. The summed E-state index contributed by atoms with van der Waals surface area (Å²) in [5.41, 5.74) is 14.0. The number of aromatic amines is 1. The van der Waals surface area contributed by atoms with E-state index in [1.165, 1.54) is 27.6 Å². The maximum atomic E-state index is 5.49. The summed E-state index contributed by atoms with van der Waals surface area (Å²) < 4.78 is 21.9. The van der Waals surface area contributed by atoms with Crippen molar-refractivity contribution < 1.29 is 18.9 Å². The van der Waals surface area contributed by atoms with E-state index in [4.69, 9.17) is 18.9 Å². The normalized spacial score (nSPS) is 13.5. The Labute approximate surface area is 292 Å². The summed E-state index contributed by atoms with van der Waals surface area (Å²) in [5, 5.41) is 5.22. The molecule has 1 aliphatic rings. The number of hydrogen-bond donors (Lipinski definition) is 2. The van der Waals surface area contributed by atoms with E-state index in [1.807, 2.05) is 48.5 Å². The van der Waals surface area contributed by atoms with Crippen molar-refractivity contribution in [2.45, 2.75) is 12.5 Å². The van der Waals surface area contributed by atoms with Gasteiger partial charge in [-0.15, -0.1) is 0 Å².